The number of hydrogen-bond donors (Lipinski definition) is 2. The van der Waals surface area contributed by atoms with Gasteiger partial charge in [0.15, 0.2) is 0 Å². The number of methoxy groups -OCH3 is 2. The molecule has 0 aliphatic rings. The van der Waals surface area contributed by atoms with Gasteiger partial charge in [-0.15, -0.1) is 0 Å². The van der Waals surface area contributed by atoms with Crippen LogP contribution < -0.4 is 20.2 Å². The highest BCUT2D eigenvalue weighted by atomic mass is 32.1. The minimum Gasteiger partial charge on any atom is -0.497 e. The Morgan fingerprint density at radius 1 is 0.943 bits per heavy atom. The van der Waals surface area contributed by atoms with Gasteiger partial charge in [-0.2, -0.15) is 5.10 Å². The molecule has 4 rings (SSSR count). The molecule has 1 heterocycles. The Morgan fingerprint density at radius 3 is 2.29 bits per heavy atom. The number of hydrazone groups is 1. The van der Waals surface area contributed by atoms with E-state index in [2.05, 4.69) is 15.8 Å². The van der Waals surface area contributed by atoms with Gasteiger partial charge < -0.3 is 14.8 Å². The van der Waals surface area contributed by atoms with Gasteiger partial charge in [0.25, 0.3) is 5.91 Å². The minimum absolute atomic E-state index is 0.194. The van der Waals surface area contributed by atoms with Crippen LogP contribution in [0.25, 0.3) is 11.3 Å². The van der Waals surface area contributed by atoms with E-state index in [1.807, 2.05) is 74.5 Å². The van der Waals surface area contributed by atoms with Crippen molar-refractivity contribution >= 4 is 33.6 Å². The quantitative estimate of drug-likeness (QED) is 0.231. The number of hydrogen-bond acceptors (Lipinski definition) is 7. The van der Waals surface area contributed by atoms with E-state index in [-0.39, 0.29) is 5.91 Å². The van der Waals surface area contributed by atoms with E-state index < -0.39 is 0 Å². The molecule has 178 valence electrons. The molecule has 0 saturated heterocycles. The van der Waals surface area contributed by atoms with Crippen LogP contribution >= 0.6 is 11.3 Å². The fraction of sp³-hybridized carbons (Fsp3) is 0.148. The van der Waals surface area contributed by atoms with Gasteiger partial charge in [-0.1, -0.05) is 58.9 Å². The third-order valence-electron chi connectivity index (χ3n) is 5.30. The fourth-order valence-electron chi connectivity index (χ4n) is 3.32. The number of aromatic nitrogens is 1. The van der Waals surface area contributed by atoms with Gasteiger partial charge in [0.2, 0.25) is 5.13 Å². The summed E-state index contributed by atoms with van der Waals surface area (Å²) in [4.78, 5) is 17.6. The molecule has 4 aromatic rings. The van der Waals surface area contributed by atoms with Crippen molar-refractivity contribution in [1.82, 2.24) is 4.98 Å². The largest absolute Gasteiger partial charge is 0.497 e. The lowest BCUT2D eigenvalue weighted by atomic mass is 10.1. The topological polar surface area (TPSA) is 84.8 Å². The summed E-state index contributed by atoms with van der Waals surface area (Å²) in [6, 6.07) is 20.9. The number of ether oxygens (including phenoxy) is 2. The molecule has 0 aliphatic heterocycles. The van der Waals surface area contributed by atoms with E-state index in [1.165, 1.54) is 11.3 Å². The molecule has 0 spiro atoms. The average molecular weight is 487 g/mol. The number of amides is 1. The van der Waals surface area contributed by atoms with Crippen LogP contribution in [0.15, 0.2) is 71.8 Å². The van der Waals surface area contributed by atoms with E-state index >= 15 is 0 Å². The van der Waals surface area contributed by atoms with E-state index in [0.717, 1.165) is 22.3 Å². The fourth-order valence-corrected chi connectivity index (χ4v) is 4.15. The molecule has 8 heteroatoms. The molecule has 0 saturated carbocycles. The SMILES string of the molecule is COc1ccc(/C=N\Nc2nc(-c3ccc(C)cc3)c(NC(=O)c3ccc(C)cc3)s2)c(OC)c1. The van der Waals surface area contributed by atoms with Crippen LogP contribution in [0.4, 0.5) is 10.1 Å². The minimum atomic E-state index is -0.194. The van der Waals surface area contributed by atoms with Crippen molar-refractivity contribution in [3.05, 3.63) is 89.0 Å². The maximum atomic E-state index is 12.9. The summed E-state index contributed by atoms with van der Waals surface area (Å²) in [7, 11) is 3.20. The van der Waals surface area contributed by atoms with Crippen molar-refractivity contribution in [3.8, 4) is 22.8 Å². The lowest BCUT2D eigenvalue weighted by Gasteiger charge is -2.06. The zero-order valence-corrected chi connectivity index (χ0v) is 20.8. The number of anilines is 2. The number of carbonyl (C=O) groups excluding carboxylic acids is 1. The second kappa shape index (κ2) is 10.8. The predicted molar refractivity (Wildman–Crippen MR) is 142 cm³/mol. The molecule has 1 amide bonds. The molecule has 1 aromatic heterocycles. The summed E-state index contributed by atoms with van der Waals surface area (Å²) in [6.07, 6.45) is 1.65. The molecule has 0 fully saturated rings. The molecule has 3 aromatic carbocycles. The van der Waals surface area contributed by atoms with Crippen LogP contribution in [0.5, 0.6) is 11.5 Å². The standard InChI is InChI=1S/C27H26N4O3S/c1-17-5-9-19(10-6-17)24-26(30-25(32)20-11-7-18(2)8-12-20)35-27(29-24)31-28-16-21-13-14-22(33-3)15-23(21)34-4/h5-16H,1-4H3,(H,29,31)(H,30,32)/b28-16-. The molecular formula is C27H26N4O3S. The normalized spacial score (nSPS) is 10.9. The highest BCUT2D eigenvalue weighted by molar-refractivity contribution is 7.20. The van der Waals surface area contributed by atoms with Crippen LogP contribution in [0.3, 0.4) is 0 Å². The second-order valence-electron chi connectivity index (χ2n) is 7.86. The maximum Gasteiger partial charge on any atom is 0.256 e. The Balaban J connectivity index is 1.59. The molecule has 0 unspecified atom stereocenters. The Kier molecular flexibility index (Phi) is 7.42. The van der Waals surface area contributed by atoms with Crippen molar-refractivity contribution in [2.24, 2.45) is 5.10 Å². The van der Waals surface area contributed by atoms with E-state index in [9.17, 15) is 4.79 Å². The zero-order chi connectivity index (χ0) is 24.8. The third-order valence-corrected chi connectivity index (χ3v) is 6.17. The summed E-state index contributed by atoms with van der Waals surface area (Å²) in [5.74, 6) is 1.14. The van der Waals surface area contributed by atoms with Crippen LogP contribution in [0.2, 0.25) is 0 Å². The zero-order valence-electron chi connectivity index (χ0n) is 20.0. The maximum absolute atomic E-state index is 12.9. The number of benzene rings is 3. The summed E-state index contributed by atoms with van der Waals surface area (Å²) >= 11 is 1.32. The highest BCUT2D eigenvalue weighted by Crippen LogP contribution is 2.36. The monoisotopic (exact) mass is 486 g/mol. The van der Waals surface area contributed by atoms with Gasteiger partial charge in [0.1, 0.15) is 22.2 Å². The Labute approximate surface area is 208 Å². The summed E-state index contributed by atoms with van der Waals surface area (Å²) in [6.45, 7) is 4.01. The number of aryl methyl sites for hydroxylation is 2. The summed E-state index contributed by atoms with van der Waals surface area (Å²) in [5.41, 5.74) is 8.15. The van der Waals surface area contributed by atoms with Gasteiger partial charge >= 0.3 is 0 Å². The summed E-state index contributed by atoms with van der Waals surface area (Å²) in [5, 5.41) is 8.52. The predicted octanol–water partition coefficient (Wildman–Crippen LogP) is 6.14. The summed E-state index contributed by atoms with van der Waals surface area (Å²) < 4.78 is 10.7. The van der Waals surface area contributed by atoms with Gasteiger partial charge in [0, 0.05) is 22.8 Å². The van der Waals surface area contributed by atoms with Gasteiger partial charge in [-0.05, 0) is 38.1 Å². The van der Waals surface area contributed by atoms with Crippen LogP contribution in [-0.2, 0) is 0 Å². The van der Waals surface area contributed by atoms with Crippen molar-refractivity contribution < 1.29 is 14.3 Å². The molecule has 0 aliphatic carbocycles. The van der Waals surface area contributed by atoms with Crippen molar-refractivity contribution in [3.63, 3.8) is 0 Å². The first-order valence-electron chi connectivity index (χ1n) is 10.9. The average Bonchev–Trinajstić information content (AvgIpc) is 3.27. The first kappa shape index (κ1) is 24.0. The Hall–Kier alpha value is -4.17. The molecule has 7 nitrogen and oxygen atoms in total. The Bertz CT molecular complexity index is 1350. The third kappa shape index (κ3) is 5.85. The molecule has 0 atom stereocenters. The van der Waals surface area contributed by atoms with Crippen LogP contribution in [0, 0.1) is 13.8 Å². The smallest absolute Gasteiger partial charge is 0.256 e. The number of nitrogens with one attached hydrogen (secondary N) is 2. The van der Waals surface area contributed by atoms with Gasteiger partial charge in [0.05, 0.1) is 20.4 Å². The number of thiazole rings is 1. The number of nitrogens with zero attached hydrogens (tertiary/aromatic N) is 2. The van der Waals surface area contributed by atoms with Crippen LogP contribution in [-0.4, -0.2) is 31.3 Å². The molecule has 2 N–H and O–H groups in total. The second-order valence-corrected chi connectivity index (χ2v) is 8.86. The first-order valence-corrected chi connectivity index (χ1v) is 11.8. The molecule has 0 radical (unpaired) electrons. The first-order chi connectivity index (χ1) is 17.0. The number of rotatable bonds is 8. The Morgan fingerprint density at radius 2 is 1.63 bits per heavy atom. The van der Waals surface area contributed by atoms with Gasteiger partial charge in [-0.25, -0.2) is 4.98 Å². The molecule has 35 heavy (non-hydrogen) atoms. The lowest BCUT2D eigenvalue weighted by molar-refractivity contribution is 0.102. The van der Waals surface area contributed by atoms with Crippen molar-refractivity contribution in [2.45, 2.75) is 13.8 Å². The van der Waals surface area contributed by atoms with Gasteiger partial charge in [-0.3, -0.25) is 10.2 Å². The van der Waals surface area contributed by atoms with Crippen molar-refractivity contribution in [1.29, 1.82) is 0 Å². The molecular weight excluding hydrogens is 460 g/mol. The number of carbonyl (C=O) groups is 1. The van der Waals surface area contributed by atoms with E-state index in [0.29, 0.717) is 32.9 Å². The van der Waals surface area contributed by atoms with Crippen molar-refractivity contribution in [2.75, 3.05) is 25.0 Å². The highest BCUT2D eigenvalue weighted by Gasteiger charge is 2.16. The van der Waals surface area contributed by atoms with E-state index in [4.69, 9.17) is 14.5 Å². The van der Waals surface area contributed by atoms with Crippen LogP contribution in [0.1, 0.15) is 27.0 Å². The lowest BCUT2D eigenvalue weighted by Crippen LogP contribution is -2.11. The van der Waals surface area contributed by atoms with E-state index in [1.54, 1.807) is 26.5 Å². The molecule has 0 bridgehead atoms.